The van der Waals surface area contributed by atoms with E-state index in [0.717, 1.165) is 19.4 Å². The molecule has 0 atom stereocenters. The number of furan rings is 1. The van der Waals surface area contributed by atoms with Gasteiger partial charge in [-0.25, -0.2) is 8.42 Å². The van der Waals surface area contributed by atoms with E-state index in [1.165, 1.54) is 0 Å². The van der Waals surface area contributed by atoms with Crippen LogP contribution in [0.5, 0.6) is 0 Å². The predicted octanol–water partition coefficient (Wildman–Crippen LogP) is 1.52. The summed E-state index contributed by atoms with van der Waals surface area (Å²) in [6, 6.07) is 1.62. The molecule has 0 unspecified atom stereocenters. The van der Waals surface area contributed by atoms with Crippen molar-refractivity contribution >= 4 is 10.0 Å². The van der Waals surface area contributed by atoms with E-state index in [2.05, 4.69) is 5.32 Å². The molecule has 6 heteroatoms. The van der Waals surface area contributed by atoms with Crippen LogP contribution in [0.15, 0.2) is 15.4 Å². The van der Waals surface area contributed by atoms with Gasteiger partial charge in [0.1, 0.15) is 16.4 Å². The molecule has 1 aliphatic heterocycles. The molecule has 0 saturated carbocycles. The number of rotatable bonds is 4. The summed E-state index contributed by atoms with van der Waals surface area (Å²) >= 11 is 0. The van der Waals surface area contributed by atoms with Gasteiger partial charge < -0.3 is 9.73 Å². The third kappa shape index (κ3) is 3.01. The molecular weight excluding hydrogens is 264 g/mol. The first kappa shape index (κ1) is 14.6. The van der Waals surface area contributed by atoms with Crippen LogP contribution in [-0.4, -0.2) is 39.4 Å². The van der Waals surface area contributed by atoms with Gasteiger partial charge in [-0.2, -0.15) is 4.31 Å². The Morgan fingerprint density at radius 2 is 2.00 bits per heavy atom. The van der Waals surface area contributed by atoms with Crippen molar-refractivity contribution in [3.63, 3.8) is 0 Å². The Kier molecular flexibility index (Phi) is 4.32. The molecule has 0 spiro atoms. The first-order valence-corrected chi connectivity index (χ1v) is 8.11. The van der Waals surface area contributed by atoms with E-state index < -0.39 is 10.0 Å². The lowest BCUT2D eigenvalue weighted by atomic mass is 9.98. The molecule has 1 fully saturated rings. The van der Waals surface area contributed by atoms with Crippen LogP contribution < -0.4 is 5.32 Å². The van der Waals surface area contributed by atoms with Gasteiger partial charge in [-0.15, -0.1) is 0 Å². The van der Waals surface area contributed by atoms with Crippen molar-refractivity contribution in [3.8, 4) is 0 Å². The van der Waals surface area contributed by atoms with Crippen LogP contribution in [-0.2, 0) is 10.0 Å². The summed E-state index contributed by atoms with van der Waals surface area (Å²) in [7, 11) is -1.46. The maximum Gasteiger partial charge on any atom is 0.246 e. The number of hydrogen-bond acceptors (Lipinski definition) is 4. The van der Waals surface area contributed by atoms with E-state index in [1.807, 2.05) is 7.05 Å². The summed E-state index contributed by atoms with van der Waals surface area (Å²) in [6.45, 7) is 5.62. The molecular formula is C13H22N2O3S. The summed E-state index contributed by atoms with van der Waals surface area (Å²) in [4.78, 5) is 0.317. The zero-order chi connectivity index (χ0) is 14.0. The van der Waals surface area contributed by atoms with Crippen molar-refractivity contribution in [2.75, 3.05) is 26.7 Å². The Hall–Kier alpha value is -0.850. The topological polar surface area (TPSA) is 62.6 Å². The van der Waals surface area contributed by atoms with Crippen molar-refractivity contribution in [2.45, 2.75) is 31.6 Å². The zero-order valence-corrected chi connectivity index (χ0v) is 12.6. The van der Waals surface area contributed by atoms with E-state index in [4.69, 9.17) is 4.42 Å². The molecule has 0 aliphatic carbocycles. The van der Waals surface area contributed by atoms with Gasteiger partial charge >= 0.3 is 0 Å². The third-order valence-electron chi connectivity index (χ3n) is 3.68. The fourth-order valence-corrected chi connectivity index (χ4v) is 4.33. The van der Waals surface area contributed by atoms with E-state index >= 15 is 0 Å². The fraction of sp³-hybridized carbons (Fsp3) is 0.692. The minimum atomic E-state index is -3.39. The van der Waals surface area contributed by atoms with Gasteiger partial charge in [-0.1, -0.05) is 0 Å². The Morgan fingerprint density at radius 3 is 2.47 bits per heavy atom. The molecule has 1 aliphatic rings. The number of nitrogens with one attached hydrogen (secondary N) is 1. The molecule has 108 valence electrons. The maximum atomic E-state index is 12.5. The lowest BCUT2D eigenvalue weighted by Gasteiger charge is -2.30. The van der Waals surface area contributed by atoms with Gasteiger partial charge in [0, 0.05) is 13.1 Å². The molecule has 1 aromatic heterocycles. The van der Waals surface area contributed by atoms with E-state index in [1.54, 1.807) is 24.2 Å². The summed E-state index contributed by atoms with van der Waals surface area (Å²) < 4.78 is 32.0. The van der Waals surface area contributed by atoms with Gasteiger partial charge in [-0.3, -0.25) is 0 Å². The van der Waals surface area contributed by atoms with E-state index in [-0.39, 0.29) is 0 Å². The van der Waals surface area contributed by atoms with E-state index in [0.29, 0.717) is 35.4 Å². The second-order valence-electron chi connectivity index (χ2n) is 5.18. The molecule has 2 rings (SSSR count). The summed E-state index contributed by atoms with van der Waals surface area (Å²) in [5, 5.41) is 3.15. The lowest BCUT2D eigenvalue weighted by molar-refractivity contribution is 0.270. The van der Waals surface area contributed by atoms with E-state index in [9.17, 15) is 8.42 Å². The highest BCUT2D eigenvalue weighted by Gasteiger charge is 2.31. The second kappa shape index (κ2) is 5.64. The highest BCUT2D eigenvalue weighted by molar-refractivity contribution is 7.89. The van der Waals surface area contributed by atoms with Crippen LogP contribution in [0.4, 0.5) is 0 Å². The highest BCUT2D eigenvalue weighted by atomic mass is 32.2. The zero-order valence-electron chi connectivity index (χ0n) is 11.8. The summed E-state index contributed by atoms with van der Waals surface area (Å²) in [5.41, 5.74) is 0. The molecule has 0 bridgehead atoms. The number of nitrogens with zero attached hydrogens (tertiary/aromatic N) is 1. The number of piperidine rings is 1. The molecule has 0 radical (unpaired) electrons. The van der Waals surface area contributed by atoms with Crippen LogP contribution in [0, 0.1) is 19.8 Å². The number of sulfonamides is 1. The molecule has 1 aromatic rings. The Labute approximate surface area is 115 Å². The number of hydrogen-bond donors (Lipinski definition) is 1. The van der Waals surface area contributed by atoms with Gasteiger partial charge in [0.15, 0.2) is 0 Å². The van der Waals surface area contributed by atoms with Crippen molar-refractivity contribution < 1.29 is 12.8 Å². The van der Waals surface area contributed by atoms with Crippen molar-refractivity contribution in [2.24, 2.45) is 5.92 Å². The minimum Gasteiger partial charge on any atom is -0.465 e. The average molecular weight is 286 g/mol. The lowest BCUT2D eigenvalue weighted by Crippen LogP contribution is -2.40. The Morgan fingerprint density at radius 1 is 1.37 bits per heavy atom. The Balaban J connectivity index is 2.12. The van der Waals surface area contributed by atoms with Crippen molar-refractivity contribution in [3.05, 3.63) is 17.6 Å². The predicted molar refractivity (Wildman–Crippen MR) is 73.6 cm³/mol. The average Bonchev–Trinajstić information content (AvgIpc) is 2.70. The molecule has 0 amide bonds. The fourth-order valence-electron chi connectivity index (χ4n) is 2.65. The monoisotopic (exact) mass is 286 g/mol. The molecule has 1 saturated heterocycles. The first-order valence-electron chi connectivity index (χ1n) is 6.67. The maximum absolute atomic E-state index is 12.5. The van der Waals surface area contributed by atoms with Crippen molar-refractivity contribution in [1.82, 2.24) is 9.62 Å². The van der Waals surface area contributed by atoms with Crippen molar-refractivity contribution in [1.29, 1.82) is 0 Å². The molecule has 1 N–H and O–H groups in total. The van der Waals surface area contributed by atoms with Crippen LogP contribution in [0.3, 0.4) is 0 Å². The second-order valence-corrected chi connectivity index (χ2v) is 7.09. The molecule has 0 aromatic carbocycles. The SMILES string of the molecule is CNCC1CCN(S(=O)(=O)c2cc(C)oc2C)CC1. The molecule has 5 nitrogen and oxygen atoms in total. The first-order chi connectivity index (χ1) is 8.95. The summed E-state index contributed by atoms with van der Waals surface area (Å²) in [6.07, 6.45) is 1.83. The van der Waals surface area contributed by atoms with Gasteiger partial charge in [0.05, 0.1) is 0 Å². The summed E-state index contributed by atoms with van der Waals surface area (Å²) in [5.74, 6) is 1.69. The van der Waals surface area contributed by atoms with Gasteiger partial charge in [0.2, 0.25) is 10.0 Å². The van der Waals surface area contributed by atoms with Gasteiger partial charge in [-0.05, 0) is 52.3 Å². The van der Waals surface area contributed by atoms with Crippen LogP contribution in [0.25, 0.3) is 0 Å². The van der Waals surface area contributed by atoms with Gasteiger partial charge in [0.25, 0.3) is 0 Å². The third-order valence-corrected chi connectivity index (χ3v) is 5.69. The van der Waals surface area contributed by atoms with Crippen LogP contribution >= 0.6 is 0 Å². The smallest absolute Gasteiger partial charge is 0.246 e. The standard InChI is InChI=1S/C13H22N2O3S/c1-10-8-13(11(2)18-10)19(16,17)15-6-4-12(5-7-15)9-14-3/h8,12,14H,4-7,9H2,1-3H3. The Bertz CT molecular complexity index is 528. The molecule has 19 heavy (non-hydrogen) atoms. The minimum absolute atomic E-state index is 0.317. The largest absolute Gasteiger partial charge is 0.465 e. The highest BCUT2D eigenvalue weighted by Crippen LogP contribution is 2.27. The number of aryl methyl sites for hydroxylation is 2. The quantitative estimate of drug-likeness (QED) is 0.911. The normalized spacial score (nSPS) is 18.9. The van der Waals surface area contributed by atoms with Crippen LogP contribution in [0.2, 0.25) is 0 Å². The molecule has 2 heterocycles. The van der Waals surface area contributed by atoms with Crippen LogP contribution in [0.1, 0.15) is 24.4 Å².